The number of benzene rings is 2. The molecule has 0 unspecified atom stereocenters. The van der Waals surface area contributed by atoms with Gasteiger partial charge in [0.25, 0.3) is 0 Å². The van der Waals surface area contributed by atoms with Crippen molar-refractivity contribution in [2.75, 3.05) is 0 Å². The van der Waals surface area contributed by atoms with Crippen molar-refractivity contribution in [2.45, 2.75) is 19.0 Å². The second-order valence-corrected chi connectivity index (χ2v) is 6.55. The maximum absolute atomic E-state index is 13.8. The van der Waals surface area contributed by atoms with Crippen LogP contribution in [0.25, 0.3) is 0 Å². The SMILES string of the molecule is O=C(O)c1cc2c(cc1C(=O)O)Cc1c(cc(C(=O)O)c(C(=O)O)c1C(F)(F)F)C2. The van der Waals surface area contributed by atoms with E-state index in [0.717, 1.165) is 18.2 Å². The molecule has 0 atom stereocenters. The second kappa shape index (κ2) is 6.87. The van der Waals surface area contributed by atoms with Gasteiger partial charge in [0.1, 0.15) is 0 Å². The Kier molecular flexibility index (Phi) is 4.77. The molecule has 0 aliphatic heterocycles. The monoisotopic (exact) mass is 424 g/mol. The molecule has 0 saturated carbocycles. The molecular formula is C19H11F3O8. The zero-order valence-corrected chi connectivity index (χ0v) is 14.7. The van der Waals surface area contributed by atoms with Crippen molar-refractivity contribution < 1.29 is 52.8 Å². The van der Waals surface area contributed by atoms with E-state index in [1.165, 1.54) is 0 Å². The third-order valence-corrected chi connectivity index (χ3v) is 4.80. The van der Waals surface area contributed by atoms with E-state index < -0.39 is 69.9 Å². The lowest BCUT2D eigenvalue weighted by atomic mass is 9.79. The normalized spacial score (nSPS) is 12.6. The predicted octanol–water partition coefficient (Wildman–Crippen LogP) is 2.99. The molecule has 0 spiro atoms. The van der Waals surface area contributed by atoms with Crippen LogP contribution in [0.2, 0.25) is 0 Å². The number of halogens is 3. The first-order valence-electron chi connectivity index (χ1n) is 8.17. The molecule has 0 heterocycles. The Morgan fingerprint density at radius 3 is 1.50 bits per heavy atom. The minimum absolute atomic E-state index is 0.0785. The van der Waals surface area contributed by atoms with E-state index >= 15 is 0 Å². The van der Waals surface area contributed by atoms with Gasteiger partial charge in [-0.2, -0.15) is 13.2 Å². The van der Waals surface area contributed by atoms with E-state index in [4.69, 9.17) is 0 Å². The number of carbonyl (C=O) groups is 4. The molecule has 4 N–H and O–H groups in total. The zero-order chi connectivity index (χ0) is 22.5. The fraction of sp³-hybridized carbons (Fsp3) is 0.158. The Morgan fingerprint density at radius 2 is 1.10 bits per heavy atom. The van der Waals surface area contributed by atoms with Gasteiger partial charge in [-0.25, -0.2) is 19.2 Å². The van der Waals surface area contributed by atoms with Crippen molar-refractivity contribution in [3.8, 4) is 0 Å². The fourth-order valence-electron chi connectivity index (χ4n) is 3.61. The highest BCUT2D eigenvalue weighted by Gasteiger charge is 2.42. The van der Waals surface area contributed by atoms with Crippen LogP contribution in [-0.2, 0) is 19.0 Å². The van der Waals surface area contributed by atoms with E-state index in [2.05, 4.69) is 0 Å². The Labute approximate surface area is 164 Å². The van der Waals surface area contributed by atoms with Gasteiger partial charge in [0, 0.05) is 0 Å². The van der Waals surface area contributed by atoms with E-state index in [1.807, 2.05) is 0 Å². The molecule has 0 amide bonds. The summed E-state index contributed by atoms with van der Waals surface area (Å²) < 4.78 is 41.3. The molecule has 0 saturated heterocycles. The van der Waals surface area contributed by atoms with Crippen molar-refractivity contribution >= 4 is 23.9 Å². The van der Waals surface area contributed by atoms with E-state index in [0.29, 0.717) is 0 Å². The van der Waals surface area contributed by atoms with Gasteiger partial charge in [-0.05, 0) is 53.3 Å². The smallest absolute Gasteiger partial charge is 0.417 e. The highest BCUT2D eigenvalue weighted by molar-refractivity contribution is 6.04. The molecule has 0 aromatic heterocycles. The first-order chi connectivity index (χ1) is 13.8. The van der Waals surface area contributed by atoms with Crippen molar-refractivity contribution in [3.63, 3.8) is 0 Å². The number of aromatic carboxylic acids is 4. The molecule has 2 aromatic rings. The van der Waals surface area contributed by atoms with Crippen LogP contribution < -0.4 is 0 Å². The summed E-state index contributed by atoms with van der Waals surface area (Å²) in [6, 6.07) is 2.78. The van der Waals surface area contributed by atoms with Crippen molar-refractivity contribution in [2.24, 2.45) is 0 Å². The first kappa shape index (κ1) is 20.8. The largest absolute Gasteiger partial charge is 0.478 e. The first-order valence-corrected chi connectivity index (χ1v) is 8.17. The van der Waals surface area contributed by atoms with Gasteiger partial charge in [0.05, 0.1) is 27.8 Å². The summed E-state index contributed by atoms with van der Waals surface area (Å²) in [5.74, 6) is -7.08. The lowest BCUT2D eigenvalue weighted by molar-refractivity contribution is -0.138. The molecule has 1 aliphatic rings. The van der Waals surface area contributed by atoms with Crippen LogP contribution >= 0.6 is 0 Å². The fourth-order valence-corrected chi connectivity index (χ4v) is 3.61. The minimum atomic E-state index is -5.20. The highest BCUT2D eigenvalue weighted by atomic mass is 19.4. The third-order valence-electron chi connectivity index (χ3n) is 4.80. The average molecular weight is 424 g/mol. The molecule has 0 radical (unpaired) electrons. The summed E-state index contributed by atoms with van der Waals surface area (Å²) in [6.07, 6.45) is -6.06. The van der Waals surface area contributed by atoms with E-state index in [9.17, 15) is 52.8 Å². The number of carboxylic acids is 4. The van der Waals surface area contributed by atoms with E-state index in [1.54, 1.807) is 0 Å². The predicted molar refractivity (Wildman–Crippen MR) is 91.3 cm³/mol. The van der Waals surface area contributed by atoms with Gasteiger partial charge in [-0.1, -0.05) is 0 Å². The van der Waals surface area contributed by atoms with Crippen LogP contribution in [0.3, 0.4) is 0 Å². The van der Waals surface area contributed by atoms with E-state index in [-0.39, 0.29) is 23.1 Å². The summed E-state index contributed by atoms with van der Waals surface area (Å²) in [6.45, 7) is 0. The van der Waals surface area contributed by atoms with Gasteiger partial charge in [0.2, 0.25) is 0 Å². The number of alkyl halides is 3. The van der Waals surface area contributed by atoms with Gasteiger partial charge >= 0.3 is 30.1 Å². The van der Waals surface area contributed by atoms with Gasteiger partial charge < -0.3 is 20.4 Å². The van der Waals surface area contributed by atoms with Crippen LogP contribution in [-0.4, -0.2) is 44.3 Å². The molecule has 11 heteroatoms. The summed E-state index contributed by atoms with van der Waals surface area (Å²) in [5, 5.41) is 37.0. The molecule has 2 aromatic carbocycles. The molecule has 3 rings (SSSR count). The molecule has 0 bridgehead atoms. The number of fused-ring (bicyclic) bond motifs is 2. The Hall–Kier alpha value is -3.89. The number of rotatable bonds is 4. The average Bonchev–Trinajstić information content (AvgIpc) is 2.62. The molecule has 156 valence electrons. The quantitative estimate of drug-likeness (QED) is 0.499. The summed E-state index contributed by atoms with van der Waals surface area (Å²) in [5.41, 5.74) is -5.59. The molecule has 30 heavy (non-hydrogen) atoms. The molecule has 0 fully saturated rings. The maximum Gasteiger partial charge on any atom is 0.417 e. The standard InChI is InChI=1S/C19H11F3O8/c20-19(21,22)14-9-2-7-4-11(16(25)26)10(15(23)24)3-6(7)1-8(9)5-12(17(27)28)13(14)18(29)30/h3-5H,1-2H2,(H,23,24)(H,25,26)(H,27,28)(H,29,30). The lowest BCUT2D eigenvalue weighted by Gasteiger charge is -2.26. The van der Waals surface area contributed by atoms with Gasteiger partial charge in [-0.15, -0.1) is 0 Å². The van der Waals surface area contributed by atoms with Gasteiger partial charge in [0.15, 0.2) is 0 Å². The Bertz CT molecular complexity index is 1150. The topological polar surface area (TPSA) is 149 Å². The number of hydrogen-bond acceptors (Lipinski definition) is 4. The second-order valence-electron chi connectivity index (χ2n) is 6.55. The van der Waals surface area contributed by atoms with Crippen molar-refractivity contribution in [3.05, 3.63) is 68.3 Å². The summed E-state index contributed by atoms with van der Waals surface area (Å²) in [4.78, 5) is 45.6. The van der Waals surface area contributed by atoms with Crippen molar-refractivity contribution in [1.82, 2.24) is 0 Å². The zero-order valence-electron chi connectivity index (χ0n) is 14.7. The van der Waals surface area contributed by atoms with Crippen LogP contribution in [0.1, 0.15) is 69.2 Å². The minimum Gasteiger partial charge on any atom is -0.478 e. The molecule has 1 aliphatic carbocycles. The number of carboxylic acid groups (broad SMARTS) is 4. The number of hydrogen-bond donors (Lipinski definition) is 4. The Morgan fingerprint density at radius 1 is 0.667 bits per heavy atom. The van der Waals surface area contributed by atoms with Crippen LogP contribution in [0.5, 0.6) is 0 Å². The van der Waals surface area contributed by atoms with Crippen molar-refractivity contribution in [1.29, 1.82) is 0 Å². The molecule has 8 nitrogen and oxygen atoms in total. The summed E-state index contributed by atoms with van der Waals surface area (Å²) in [7, 11) is 0. The van der Waals surface area contributed by atoms with Crippen LogP contribution in [0, 0.1) is 0 Å². The van der Waals surface area contributed by atoms with Crippen LogP contribution in [0.4, 0.5) is 13.2 Å². The van der Waals surface area contributed by atoms with Crippen LogP contribution in [0.15, 0.2) is 18.2 Å². The maximum atomic E-state index is 13.8. The van der Waals surface area contributed by atoms with Gasteiger partial charge in [-0.3, -0.25) is 0 Å². The Balaban J connectivity index is 2.34. The summed E-state index contributed by atoms with van der Waals surface area (Å²) >= 11 is 0. The third kappa shape index (κ3) is 3.34. The lowest BCUT2D eigenvalue weighted by Crippen LogP contribution is -2.24. The highest BCUT2D eigenvalue weighted by Crippen LogP contribution is 2.42. The molecular weight excluding hydrogens is 413 g/mol.